The van der Waals surface area contributed by atoms with E-state index in [0.717, 1.165) is 12.1 Å². The van der Waals surface area contributed by atoms with E-state index in [1.807, 2.05) is 0 Å². The summed E-state index contributed by atoms with van der Waals surface area (Å²) in [5.41, 5.74) is 0.0998. The number of oxime groups is 1. The Morgan fingerprint density at radius 3 is 2.63 bits per heavy atom. The average molecular weight is 425 g/mol. The number of alkyl halides is 3. The summed E-state index contributed by atoms with van der Waals surface area (Å²) >= 11 is 0. The van der Waals surface area contributed by atoms with Crippen LogP contribution >= 0.6 is 0 Å². The van der Waals surface area contributed by atoms with Gasteiger partial charge in [-0.1, -0.05) is 35.5 Å². The van der Waals surface area contributed by atoms with Gasteiger partial charge in [0.25, 0.3) is 11.6 Å². The molecular formula is C19H15F4N3O4. The van der Waals surface area contributed by atoms with Crippen molar-refractivity contribution in [1.82, 2.24) is 4.90 Å². The first-order valence-corrected chi connectivity index (χ1v) is 8.70. The van der Waals surface area contributed by atoms with E-state index < -0.39 is 47.7 Å². The van der Waals surface area contributed by atoms with Crippen molar-refractivity contribution in [2.24, 2.45) is 5.16 Å². The van der Waals surface area contributed by atoms with Gasteiger partial charge in [-0.25, -0.2) is 4.39 Å². The van der Waals surface area contributed by atoms with E-state index in [-0.39, 0.29) is 17.7 Å². The van der Waals surface area contributed by atoms with Crippen molar-refractivity contribution in [3.8, 4) is 0 Å². The zero-order valence-corrected chi connectivity index (χ0v) is 15.3. The molecule has 1 atom stereocenters. The highest BCUT2D eigenvalue weighted by atomic mass is 19.4. The van der Waals surface area contributed by atoms with Crippen LogP contribution in [0.2, 0.25) is 0 Å². The van der Waals surface area contributed by atoms with Gasteiger partial charge in [-0.3, -0.25) is 14.9 Å². The molecule has 0 fully saturated rings. The summed E-state index contributed by atoms with van der Waals surface area (Å²) in [6.45, 7) is -2.25. The molecule has 11 heteroatoms. The Morgan fingerprint density at radius 2 is 1.97 bits per heavy atom. The second-order valence-electron chi connectivity index (χ2n) is 6.54. The number of carbonyl (C=O) groups excluding carboxylic acids is 1. The third-order valence-electron chi connectivity index (χ3n) is 4.33. The summed E-state index contributed by atoms with van der Waals surface area (Å²) < 4.78 is 52.6. The fourth-order valence-corrected chi connectivity index (χ4v) is 3.01. The highest BCUT2D eigenvalue weighted by Gasteiger charge is 2.39. The minimum Gasteiger partial charge on any atom is -0.382 e. The van der Waals surface area contributed by atoms with E-state index in [1.54, 1.807) is 0 Å². The molecule has 0 saturated heterocycles. The van der Waals surface area contributed by atoms with Crippen LogP contribution in [0.4, 0.5) is 23.2 Å². The molecule has 1 aliphatic heterocycles. The van der Waals surface area contributed by atoms with E-state index in [0.29, 0.717) is 10.5 Å². The topological polar surface area (TPSA) is 85.0 Å². The monoisotopic (exact) mass is 425 g/mol. The third kappa shape index (κ3) is 5.10. The highest BCUT2D eigenvalue weighted by molar-refractivity contribution is 6.04. The molecule has 0 aliphatic carbocycles. The smallest absolute Gasteiger partial charge is 0.382 e. The van der Waals surface area contributed by atoms with Crippen LogP contribution in [0, 0.1) is 15.9 Å². The number of hydrogen-bond donors (Lipinski definition) is 0. The SMILES string of the molecule is O=C(C1CC(c2cccc(F)c2)=NO1)N(Cc1ccccc1[N+](=O)[O-])CC(F)(F)F. The predicted octanol–water partition coefficient (Wildman–Crippen LogP) is 3.82. The number of rotatable bonds is 6. The zero-order chi connectivity index (χ0) is 21.9. The van der Waals surface area contributed by atoms with Crippen molar-refractivity contribution >= 4 is 17.3 Å². The quantitative estimate of drug-likeness (QED) is 0.400. The lowest BCUT2D eigenvalue weighted by Crippen LogP contribution is -2.44. The molecule has 0 bridgehead atoms. The summed E-state index contributed by atoms with van der Waals surface area (Å²) in [6, 6.07) is 10.5. The van der Waals surface area contributed by atoms with Crippen molar-refractivity contribution in [3.05, 3.63) is 75.6 Å². The van der Waals surface area contributed by atoms with Gasteiger partial charge in [0, 0.05) is 23.6 Å². The molecule has 2 aromatic rings. The van der Waals surface area contributed by atoms with E-state index in [2.05, 4.69) is 5.16 Å². The van der Waals surface area contributed by atoms with Gasteiger partial charge in [0.2, 0.25) is 6.10 Å². The molecule has 7 nitrogen and oxygen atoms in total. The Morgan fingerprint density at radius 1 is 1.23 bits per heavy atom. The summed E-state index contributed by atoms with van der Waals surface area (Å²) in [6.07, 6.45) is -6.24. The first kappa shape index (κ1) is 21.2. The van der Waals surface area contributed by atoms with Gasteiger partial charge in [0.1, 0.15) is 12.4 Å². The van der Waals surface area contributed by atoms with Gasteiger partial charge < -0.3 is 9.74 Å². The lowest BCUT2D eigenvalue weighted by atomic mass is 10.0. The Labute approximate surface area is 167 Å². The van der Waals surface area contributed by atoms with Crippen LogP contribution in [-0.2, 0) is 16.2 Å². The Balaban J connectivity index is 1.80. The lowest BCUT2D eigenvalue weighted by molar-refractivity contribution is -0.385. The van der Waals surface area contributed by atoms with Crippen LogP contribution in [-0.4, -0.2) is 40.3 Å². The number of nitrogens with zero attached hydrogens (tertiary/aromatic N) is 3. The van der Waals surface area contributed by atoms with Gasteiger partial charge in [-0.05, 0) is 12.1 Å². The average Bonchev–Trinajstić information content (AvgIpc) is 3.16. The first-order chi connectivity index (χ1) is 14.1. The van der Waals surface area contributed by atoms with E-state index >= 15 is 0 Å². The molecule has 1 heterocycles. The van der Waals surface area contributed by atoms with Gasteiger partial charge in [-0.2, -0.15) is 13.2 Å². The van der Waals surface area contributed by atoms with Crippen molar-refractivity contribution in [3.63, 3.8) is 0 Å². The number of amides is 1. The van der Waals surface area contributed by atoms with Crippen molar-refractivity contribution in [2.45, 2.75) is 25.2 Å². The second-order valence-corrected chi connectivity index (χ2v) is 6.54. The van der Waals surface area contributed by atoms with Crippen LogP contribution in [0.3, 0.4) is 0 Å². The number of hydrogen-bond acceptors (Lipinski definition) is 5. The molecule has 2 aromatic carbocycles. The molecule has 30 heavy (non-hydrogen) atoms. The predicted molar refractivity (Wildman–Crippen MR) is 97.0 cm³/mol. The molecule has 1 amide bonds. The van der Waals surface area contributed by atoms with E-state index in [9.17, 15) is 32.5 Å². The van der Waals surface area contributed by atoms with Gasteiger partial charge in [0.05, 0.1) is 17.2 Å². The van der Waals surface area contributed by atoms with Crippen LogP contribution in [0.15, 0.2) is 53.7 Å². The standard InChI is InChI=1S/C19H15F4N3O4/c20-14-6-3-5-12(8-14)15-9-17(30-24-15)18(27)25(11-19(21,22)23)10-13-4-1-2-7-16(13)26(28)29/h1-8,17H,9-11H2. The van der Waals surface area contributed by atoms with Gasteiger partial charge in [0.15, 0.2) is 0 Å². The van der Waals surface area contributed by atoms with Crippen LogP contribution in [0.25, 0.3) is 0 Å². The maximum Gasteiger partial charge on any atom is 0.406 e. The summed E-state index contributed by atoms with van der Waals surface area (Å²) in [4.78, 5) is 28.6. The van der Waals surface area contributed by atoms with Crippen LogP contribution < -0.4 is 0 Å². The first-order valence-electron chi connectivity index (χ1n) is 8.70. The van der Waals surface area contributed by atoms with Crippen molar-refractivity contribution in [1.29, 1.82) is 0 Å². The molecule has 0 N–H and O–H groups in total. The Kier molecular flexibility index (Phi) is 5.99. The second kappa shape index (κ2) is 8.47. The molecule has 158 valence electrons. The Bertz CT molecular complexity index is 994. The highest BCUT2D eigenvalue weighted by Crippen LogP contribution is 2.26. The number of para-hydroxylation sites is 1. The van der Waals surface area contributed by atoms with Gasteiger partial charge in [-0.15, -0.1) is 0 Å². The maximum absolute atomic E-state index is 13.4. The lowest BCUT2D eigenvalue weighted by Gasteiger charge is -2.25. The molecule has 1 aliphatic rings. The maximum atomic E-state index is 13.4. The molecule has 0 saturated carbocycles. The molecule has 0 aromatic heterocycles. The van der Waals surface area contributed by atoms with E-state index in [1.165, 1.54) is 36.4 Å². The fraction of sp³-hybridized carbons (Fsp3) is 0.263. The number of halogens is 4. The van der Waals surface area contributed by atoms with Crippen molar-refractivity contribution < 1.29 is 32.1 Å². The molecule has 0 spiro atoms. The number of carbonyl (C=O) groups is 1. The Hall–Kier alpha value is -3.50. The minimum absolute atomic E-state index is 0.0515. The number of benzene rings is 2. The zero-order valence-electron chi connectivity index (χ0n) is 15.3. The minimum atomic E-state index is -4.73. The number of nitro groups is 1. The van der Waals surface area contributed by atoms with Crippen LogP contribution in [0.5, 0.6) is 0 Å². The largest absolute Gasteiger partial charge is 0.406 e. The van der Waals surface area contributed by atoms with Gasteiger partial charge >= 0.3 is 6.18 Å². The van der Waals surface area contributed by atoms with E-state index in [4.69, 9.17) is 4.84 Å². The van der Waals surface area contributed by atoms with Crippen LogP contribution in [0.1, 0.15) is 17.5 Å². The molecule has 0 radical (unpaired) electrons. The fourth-order valence-electron chi connectivity index (χ4n) is 3.01. The third-order valence-corrected chi connectivity index (χ3v) is 4.33. The normalized spacial score (nSPS) is 16.0. The number of nitro benzene ring substituents is 1. The summed E-state index contributed by atoms with van der Waals surface area (Å²) in [5, 5.41) is 14.8. The van der Waals surface area contributed by atoms with Crippen molar-refractivity contribution in [2.75, 3.05) is 6.54 Å². The molecule has 1 unspecified atom stereocenters. The summed E-state index contributed by atoms with van der Waals surface area (Å²) in [5.74, 6) is -1.57. The summed E-state index contributed by atoms with van der Waals surface area (Å²) in [7, 11) is 0. The molecular weight excluding hydrogens is 410 g/mol. The molecule has 3 rings (SSSR count).